The molecule has 2 aromatic carbocycles. The number of anilines is 3. The zero-order valence-corrected chi connectivity index (χ0v) is 39.2. The zero-order valence-electron chi connectivity index (χ0n) is 37.5. The van der Waals surface area contributed by atoms with Gasteiger partial charge in [-0.15, -0.1) is 23.5 Å². The van der Waals surface area contributed by atoms with Gasteiger partial charge < -0.3 is 55.7 Å². The van der Waals surface area contributed by atoms with Crippen LogP contribution in [0.3, 0.4) is 0 Å². The number of nitrogens with zero attached hydrogens (tertiary/aromatic N) is 3. The summed E-state index contributed by atoms with van der Waals surface area (Å²) >= 11 is 2.26. The van der Waals surface area contributed by atoms with Crippen LogP contribution < -0.4 is 55.7 Å². The number of hydrogen-bond donors (Lipinski definition) is 10. The van der Waals surface area contributed by atoms with E-state index < -0.39 is 53.3 Å². The molecule has 2 rings (SSSR count). The molecular weight excluding hydrogens is 898 g/mol. The van der Waals surface area contributed by atoms with Crippen molar-refractivity contribution in [1.29, 1.82) is 0 Å². The van der Waals surface area contributed by atoms with Crippen LogP contribution in [0.5, 0.6) is 0 Å². The maximum absolute atomic E-state index is 15.5. The smallest absolute Gasteiger partial charge is 0.370 e. The first-order valence-electron chi connectivity index (χ1n) is 20.5. The van der Waals surface area contributed by atoms with Gasteiger partial charge in [-0.25, -0.2) is 8.78 Å². The Morgan fingerprint density at radius 2 is 1.32 bits per heavy atom. The summed E-state index contributed by atoms with van der Waals surface area (Å²) in [5.41, 5.74) is 30.1. The number of aliphatic imine (C=N–C) groups is 3. The SMILES string of the molecule is CC.CC=N/C(=C\C(C)C(=O)Nc1cc(C(F)(F)CCCC)cc(NC(=O)CCN=C(N)N)c1SCCN)C(=O)Nc1cc(C(F)(F)F)ccc1SCCN.CNC(=O)CCN=C(N)N. The summed E-state index contributed by atoms with van der Waals surface area (Å²) < 4.78 is 71.5. The number of hydrogen-bond acceptors (Lipinski definition) is 11. The Labute approximate surface area is 385 Å². The summed E-state index contributed by atoms with van der Waals surface area (Å²) in [5, 5.41) is 10.2. The van der Waals surface area contributed by atoms with Crippen molar-refractivity contribution < 1.29 is 41.1 Å². The number of alkyl halides is 5. The molecule has 0 fully saturated rings. The van der Waals surface area contributed by atoms with E-state index in [9.17, 15) is 32.3 Å². The number of carbonyl (C=O) groups is 4. The van der Waals surface area contributed by atoms with E-state index in [0.29, 0.717) is 30.0 Å². The number of nitrogens with one attached hydrogen (secondary N) is 4. The fourth-order valence-corrected chi connectivity index (χ4v) is 6.58. The summed E-state index contributed by atoms with van der Waals surface area (Å²) in [6.45, 7) is 9.38. The van der Waals surface area contributed by atoms with Crippen molar-refractivity contribution in [3.8, 4) is 0 Å². The third-order valence-corrected chi connectivity index (χ3v) is 10.3. The van der Waals surface area contributed by atoms with Gasteiger partial charge in [0, 0.05) is 67.6 Å². The molecule has 16 N–H and O–H groups in total. The van der Waals surface area contributed by atoms with Gasteiger partial charge in [-0.3, -0.25) is 34.2 Å². The van der Waals surface area contributed by atoms with Crippen LogP contribution in [0.15, 0.2) is 66.9 Å². The van der Waals surface area contributed by atoms with E-state index in [4.69, 9.17) is 34.4 Å². The lowest BCUT2D eigenvalue weighted by Crippen LogP contribution is -2.24. The Bertz CT molecular complexity index is 1960. The van der Waals surface area contributed by atoms with Crippen LogP contribution in [-0.4, -0.2) is 86.5 Å². The van der Waals surface area contributed by atoms with E-state index in [1.54, 1.807) is 14.0 Å². The number of thioether (sulfide) groups is 2. The molecule has 1 atom stereocenters. The van der Waals surface area contributed by atoms with Gasteiger partial charge in [0.1, 0.15) is 5.70 Å². The molecule has 65 heavy (non-hydrogen) atoms. The number of guanidine groups is 2. The van der Waals surface area contributed by atoms with Crippen molar-refractivity contribution >= 4 is 82.3 Å². The molecule has 24 heteroatoms. The van der Waals surface area contributed by atoms with Crippen LogP contribution in [0.25, 0.3) is 0 Å². The number of rotatable bonds is 23. The minimum atomic E-state index is -4.68. The van der Waals surface area contributed by atoms with E-state index in [0.717, 1.165) is 47.8 Å². The van der Waals surface area contributed by atoms with Gasteiger partial charge in [0.05, 0.1) is 46.5 Å². The molecule has 2 aromatic rings. The van der Waals surface area contributed by atoms with Crippen LogP contribution in [-0.2, 0) is 31.3 Å². The Hall–Kier alpha value is -5.46. The van der Waals surface area contributed by atoms with Crippen molar-refractivity contribution in [3.63, 3.8) is 0 Å². The molecule has 4 amide bonds. The fourth-order valence-electron chi connectivity index (χ4n) is 4.96. The van der Waals surface area contributed by atoms with Crippen molar-refractivity contribution in [1.82, 2.24) is 5.32 Å². The fraction of sp³-hybridized carbons (Fsp3) is 0.488. The molecule has 0 aliphatic heterocycles. The van der Waals surface area contributed by atoms with Gasteiger partial charge in [0.2, 0.25) is 17.7 Å². The first kappa shape index (κ1) is 59.5. The molecule has 0 bridgehead atoms. The molecule has 0 aliphatic carbocycles. The molecule has 0 spiro atoms. The Morgan fingerprint density at radius 3 is 1.83 bits per heavy atom. The van der Waals surface area contributed by atoms with Crippen molar-refractivity contribution in [2.24, 2.45) is 55.3 Å². The lowest BCUT2D eigenvalue weighted by molar-refractivity contribution is -0.137. The Balaban J connectivity index is 0.00000299. The van der Waals surface area contributed by atoms with Gasteiger partial charge in [0.15, 0.2) is 11.9 Å². The highest BCUT2D eigenvalue weighted by Gasteiger charge is 2.34. The van der Waals surface area contributed by atoms with Crippen LogP contribution in [0.2, 0.25) is 0 Å². The number of benzene rings is 2. The van der Waals surface area contributed by atoms with Gasteiger partial charge in [0.25, 0.3) is 11.8 Å². The van der Waals surface area contributed by atoms with Crippen molar-refractivity contribution in [2.75, 3.05) is 60.7 Å². The lowest BCUT2D eigenvalue weighted by atomic mass is 10.0. The molecule has 0 saturated heterocycles. The Kier molecular flexibility index (Phi) is 28.8. The van der Waals surface area contributed by atoms with Crippen LogP contribution in [0.4, 0.5) is 39.0 Å². The minimum absolute atomic E-state index is 0.00497. The first-order valence-corrected chi connectivity index (χ1v) is 22.5. The third kappa shape index (κ3) is 23.3. The highest BCUT2D eigenvalue weighted by atomic mass is 32.2. The first-order chi connectivity index (χ1) is 30.6. The van der Waals surface area contributed by atoms with Crippen molar-refractivity contribution in [3.05, 3.63) is 53.2 Å². The van der Waals surface area contributed by atoms with E-state index in [2.05, 4.69) is 36.2 Å². The standard InChI is InChI=1S/C34H46F5N9O3S2.C5H12N4O.C2H6/c1-4-6-10-33(35,36)22-18-24(46-28(49)9-13-45-32(42)43)29(53-15-12-41)25(19-22)48-30(50)20(3)16-26(44-5-2)31(51)47-23-17-21(34(37,38)39)7-8-27(23)52-14-11-40;1-8-4(10)2-3-9-5(6)7;1-2/h5,7-8,16-20H,4,6,9-15,40-41H2,1-3H3,(H,46,49)(H,47,51)(H,48,50)(H4,42,43,45);2-3H2,1H3,(H,8,10)(H4,6,7,9);1-2H3/b26-16-,44-5?;;. The molecule has 0 aromatic heterocycles. The maximum atomic E-state index is 15.5. The number of carbonyl (C=O) groups excluding carboxylic acids is 4. The van der Waals surface area contributed by atoms with Gasteiger partial charge in [-0.1, -0.05) is 27.2 Å². The number of halogens is 5. The molecule has 17 nitrogen and oxygen atoms in total. The molecular formula is C41H64F5N13O4S2. The predicted molar refractivity (Wildman–Crippen MR) is 254 cm³/mol. The van der Waals surface area contributed by atoms with Gasteiger partial charge in [-0.05, 0) is 56.7 Å². The second kappa shape index (κ2) is 31.4. The molecule has 1 unspecified atom stereocenters. The quantitative estimate of drug-likeness (QED) is 0.0223. The topological polar surface area (TPSA) is 310 Å². The number of unbranched alkanes of at least 4 members (excludes halogenated alkanes) is 1. The van der Waals surface area contributed by atoms with Gasteiger partial charge in [-0.2, -0.15) is 13.2 Å². The lowest BCUT2D eigenvalue weighted by Gasteiger charge is -2.23. The van der Waals surface area contributed by atoms with Crippen molar-refractivity contribution in [2.45, 2.75) is 88.6 Å². The number of amides is 4. The minimum Gasteiger partial charge on any atom is -0.370 e. The monoisotopic (exact) mass is 961 g/mol. The average molecular weight is 962 g/mol. The summed E-state index contributed by atoms with van der Waals surface area (Å²) in [6.07, 6.45) is -1.87. The molecule has 0 heterocycles. The van der Waals surface area contributed by atoms with Gasteiger partial charge >= 0.3 is 6.18 Å². The van der Waals surface area contributed by atoms with E-state index >= 15 is 8.78 Å². The largest absolute Gasteiger partial charge is 0.416 e. The van der Waals surface area contributed by atoms with Crippen LogP contribution >= 0.6 is 23.5 Å². The molecule has 364 valence electrons. The van der Waals surface area contributed by atoms with Crippen LogP contribution in [0.1, 0.15) is 77.8 Å². The summed E-state index contributed by atoms with van der Waals surface area (Å²) in [4.78, 5) is 62.4. The third-order valence-electron chi connectivity index (χ3n) is 8.05. The number of nitrogens with two attached hydrogens (primary N) is 6. The average Bonchev–Trinajstić information content (AvgIpc) is 3.24. The predicted octanol–water partition coefficient (Wildman–Crippen LogP) is 5.30. The summed E-state index contributed by atoms with van der Waals surface area (Å²) in [6, 6.07) is 5.19. The Morgan fingerprint density at radius 1 is 0.785 bits per heavy atom. The highest BCUT2D eigenvalue weighted by molar-refractivity contribution is 7.99. The second-order valence-electron chi connectivity index (χ2n) is 13.2. The second-order valence-corrected chi connectivity index (χ2v) is 15.4. The van der Waals surface area contributed by atoms with E-state index in [1.807, 2.05) is 13.8 Å². The zero-order chi connectivity index (χ0) is 49.8. The maximum Gasteiger partial charge on any atom is 0.416 e. The van der Waals surface area contributed by atoms with Crippen LogP contribution in [0, 0.1) is 5.92 Å². The molecule has 0 aliphatic rings. The summed E-state index contributed by atoms with van der Waals surface area (Å²) in [7, 11) is 1.57. The summed E-state index contributed by atoms with van der Waals surface area (Å²) in [5.74, 6) is -6.30. The highest BCUT2D eigenvalue weighted by Crippen LogP contribution is 2.43. The van der Waals surface area contributed by atoms with E-state index in [-0.39, 0.29) is 83.7 Å². The molecule has 0 radical (unpaired) electrons. The molecule has 0 saturated carbocycles. The van der Waals surface area contributed by atoms with E-state index in [1.165, 1.54) is 32.2 Å². The normalized spacial score (nSPS) is 11.8.